The lowest BCUT2D eigenvalue weighted by Gasteiger charge is -2.20. The molecule has 17 heavy (non-hydrogen) atoms. The van der Waals surface area contributed by atoms with E-state index in [9.17, 15) is 14.3 Å². The second-order valence-electron chi connectivity index (χ2n) is 3.59. The first kappa shape index (κ1) is 13.8. The zero-order chi connectivity index (χ0) is 12.8. The van der Waals surface area contributed by atoms with Gasteiger partial charge in [0.2, 0.25) is 0 Å². The molecule has 0 aliphatic rings. The fourth-order valence-electron chi connectivity index (χ4n) is 1.51. The third kappa shape index (κ3) is 3.60. The number of carbonyl (C=O) groups is 1. The Kier molecular flexibility index (Phi) is 5.22. The number of rotatable bonds is 5. The van der Waals surface area contributed by atoms with Crippen molar-refractivity contribution >= 4 is 17.5 Å². The largest absolute Gasteiger partial charge is 0.507 e. The van der Waals surface area contributed by atoms with Crippen molar-refractivity contribution in [1.29, 1.82) is 0 Å². The Bertz CT molecular complexity index is 398. The summed E-state index contributed by atoms with van der Waals surface area (Å²) in [5.74, 6) is -0.739. The molecule has 94 valence electrons. The molecule has 0 aliphatic heterocycles. The monoisotopic (exact) mass is 259 g/mol. The Hall–Kier alpha value is -1.29. The van der Waals surface area contributed by atoms with Crippen LogP contribution in [0.3, 0.4) is 0 Å². The summed E-state index contributed by atoms with van der Waals surface area (Å²) in [5, 5.41) is 9.52. The van der Waals surface area contributed by atoms with Crippen molar-refractivity contribution in [2.45, 2.75) is 13.3 Å². The first-order valence-electron chi connectivity index (χ1n) is 5.44. The van der Waals surface area contributed by atoms with Crippen molar-refractivity contribution in [3.8, 4) is 5.75 Å². The van der Waals surface area contributed by atoms with Crippen LogP contribution in [0.1, 0.15) is 23.7 Å². The number of nitrogens with zero attached hydrogens (tertiary/aromatic N) is 1. The minimum atomic E-state index is -0.567. The fourth-order valence-corrected chi connectivity index (χ4v) is 1.63. The standard InChI is InChI=1S/C12H15ClFNO2/c1-2-15(7-3-6-13)12(17)10-5-4-9(14)8-11(10)16/h4-5,8,16H,2-3,6-7H2,1H3. The van der Waals surface area contributed by atoms with Crippen molar-refractivity contribution < 1.29 is 14.3 Å². The van der Waals surface area contributed by atoms with E-state index in [4.69, 9.17) is 11.6 Å². The van der Waals surface area contributed by atoms with Crippen molar-refractivity contribution in [2.24, 2.45) is 0 Å². The SMILES string of the molecule is CCN(CCCCl)C(=O)c1ccc(F)cc1O. The molecule has 0 saturated heterocycles. The Morgan fingerprint density at radius 1 is 1.53 bits per heavy atom. The highest BCUT2D eigenvalue weighted by molar-refractivity contribution is 6.17. The van der Waals surface area contributed by atoms with E-state index in [1.165, 1.54) is 6.07 Å². The molecule has 0 unspecified atom stereocenters. The minimum Gasteiger partial charge on any atom is -0.507 e. The van der Waals surface area contributed by atoms with Crippen LogP contribution in [-0.4, -0.2) is 34.9 Å². The average molecular weight is 260 g/mol. The van der Waals surface area contributed by atoms with Gasteiger partial charge in [-0.2, -0.15) is 0 Å². The van der Waals surface area contributed by atoms with E-state index in [1.54, 1.807) is 4.90 Å². The molecule has 3 nitrogen and oxygen atoms in total. The molecule has 1 N–H and O–H groups in total. The van der Waals surface area contributed by atoms with Crippen molar-refractivity contribution in [3.63, 3.8) is 0 Å². The van der Waals surface area contributed by atoms with Crippen LogP contribution in [0, 0.1) is 5.82 Å². The van der Waals surface area contributed by atoms with Gasteiger partial charge >= 0.3 is 0 Å². The summed E-state index contributed by atoms with van der Waals surface area (Å²) in [6.45, 7) is 2.88. The van der Waals surface area contributed by atoms with Gasteiger partial charge in [0.1, 0.15) is 11.6 Å². The van der Waals surface area contributed by atoms with Crippen molar-refractivity contribution in [3.05, 3.63) is 29.6 Å². The third-order valence-electron chi connectivity index (χ3n) is 2.42. The Morgan fingerprint density at radius 2 is 2.24 bits per heavy atom. The molecular formula is C12H15ClFNO2. The second-order valence-corrected chi connectivity index (χ2v) is 3.97. The van der Waals surface area contributed by atoms with Gasteiger partial charge in [-0.1, -0.05) is 0 Å². The van der Waals surface area contributed by atoms with Crippen LogP contribution in [0.15, 0.2) is 18.2 Å². The smallest absolute Gasteiger partial charge is 0.257 e. The maximum absolute atomic E-state index is 12.8. The number of hydrogen-bond acceptors (Lipinski definition) is 2. The normalized spacial score (nSPS) is 10.3. The number of benzene rings is 1. The Balaban J connectivity index is 2.86. The highest BCUT2D eigenvalue weighted by Crippen LogP contribution is 2.20. The predicted octanol–water partition coefficient (Wildman–Crippen LogP) is 2.62. The van der Waals surface area contributed by atoms with Gasteiger partial charge < -0.3 is 10.0 Å². The zero-order valence-electron chi connectivity index (χ0n) is 9.62. The zero-order valence-corrected chi connectivity index (χ0v) is 10.4. The Labute approximate surface area is 105 Å². The van der Waals surface area contributed by atoms with Crippen LogP contribution in [0.4, 0.5) is 4.39 Å². The highest BCUT2D eigenvalue weighted by atomic mass is 35.5. The number of hydrogen-bond donors (Lipinski definition) is 1. The van der Waals surface area contributed by atoms with Gasteiger partial charge in [-0.05, 0) is 25.5 Å². The molecule has 0 saturated carbocycles. The molecule has 0 fully saturated rings. The molecule has 1 rings (SSSR count). The van der Waals surface area contributed by atoms with E-state index in [0.717, 1.165) is 12.1 Å². The summed E-state index contributed by atoms with van der Waals surface area (Å²) in [7, 11) is 0. The summed E-state index contributed by atoms with van der Waals surface area (Å²) < 4.78 is 12.8. The van der Waals surface area contributed by atoms with Crippen molar-refractivity contribution in [1.82, 2.24) is 4.90 Å². The molecule has 0 atom stereocenters. The number of phenolic OH excluding ortho intramolecular Hbond substituents is 1. The molecule has 5 heteroatoms. The lowest BCUT2D eigenvalue weighted by atomic mass is 10.1. The van der Waals surface area contributed by atoms with E-state index in [2.05, 4.69) is 0 Å². The van der Waals surface area contributed by atoms with Crippen LogP contribution in [0.2, 0.25) is 0 Å². The lowest BCUT2D eigenvalue weighted by Crippen LogP contribution is -2.32. The van der Waals surface area contributed by atoms with Gasteiger partial charge in [-0.25, -0.2) is 4.39 Å². The third-order valence-corrected chi connectivity index (χ3v) is 2.69. The van der Waals surface area contributed by atoms with Gasteiger partial charge in [-0.15, -0.1) is 11.6 Å². The number of halogens is 2. The second kappa shape index (κ2) is 6.45. The predicted molar refractivity (Wildman–Crippen MR) is 65.0 cm³/mol. The summed E-state index contributed by atoms with van der Waals surface area (Å²) in [6.07, 6.45) is 0.684. The van der Waals surface area contributed by atoms with Crippen molar-refractivity contribution in [2.75, 3.05) is 19.0 Å². The van der Waals surface area contributed by atoms with Gasteiger partial charge in [0, 0.05) is 25.0 Å². The Morgan fingerprint density at radius 3 is 2.76 bits per heavy atom. The molecule has 0 bridgehead atoms. The quantitative estimate of drug-likeness (QED) is 0.826. The van der Waals surface area contributed by atoms with Crippen LogP contribution in [0.5, 0.6) is 5.75 Å². The van der Waals surface area contributed by atoms with E-state index in [-0.39, 0.29) is 17.2 Å². The van der Waals surface area contributed by atoms with Crippen LogP contribution < -0.4 is 0 Å². The molecule has 1 aromatic rings. The molecule has 0 heterocycles. The maximum Gasteiger partial charge on any atom is 0.257 e. The molecule has 0 aromatic heterocycles. The van der Waals surface area contributed by atoms with Gasteiger partial charge in [0.15, 0.2) is 0 Å². The first-order chi connectivity index (χ1) is 8.10. The van der Waals surface area contributed by atoms with Gasteiger partial charge in [0.25, 0.3) is 5.91 Å². The average Bonchev–Trinajstić information content (AvgIpc) is 2.29. The van der Waals surface area contributed by atoms with Crippen LogP contribution in [0.25, 0.3) is 0 Å². The number of phenols is 1. The topological polar surface area (TPSA) is 40.5 Å². The number of aromatic hydroxyl groups is 1. The molecule has 1 amide bonds. The molecule has 0 spiro atoms. The number of carbonyl (C=O) groups excluding carboxylic acids is 1. The summed E-state index contributed by atoms with van der Waals surface area (Å²) in [6, 6.07) is 3.38. The summed E-state index contributed by atoms with van der Waals surface area (Å²) in [4.78, 5) is 13.6. The lowest BCUT2D eigenvalue weighted by molar-refractivity contribution is 0.0762. The van der Waals surface area contributed by atoms with E-state index in [0.29, 0.717) is 25.4 Å². The minimum absolute atomic E-state index is 0.114. The first-order valence-corrected chi connectivity index (χ1v) is 5.97. The number of amides is 1. The molecule has 0 aliphatic carbocycles. The van der Waals surface area contributed by atoms with Gasteiger partial charge in [-0.3, -0.25) is 4.79 Å². The summed E-state index contributed by atoms with van der Waals surface area (Å²) in [5.41, 5.74) is 0.114. The maximum atomic E-state index is 12.8. The number of alkyl halides is 1. The van der Waals surface area contributed by atoms with E-state index >= 15 is 0 Å². The molecule has 0 radical (unpaired) electrons. The van der Waals surface area contributed by atoms with E-state index in [1.807, 2.05) is 6.92 Å². The van der Waals surface area contributed by atoms with Gasteiger partial charge in [0.05, 0.1) is 5.56 Å². The highest BCUT2D eigenvalue weighted by Gasteiger charge is 2.17. The fraction of sp³-hybridized carbons (Fsp3) is 0.417. The van der Waals surface area contributed by atoms with Crippen LogP contribution in [-0.2, 0) is 0 Å². The van der Waals surface area contributed by atoms with Crippen LogP contribution >= 0.6 is 11.6 Å². The van der Waals surface area contributed by atoms with E-state index < -0.39 is 5.82 Å². The summed E-state index contributed by atoms with van der Waals surface area (Å²) >= 11 is 5.57. The molecule has 1 aromatic carbocycles. The molecular weight excluding hydrogens is 245 g/mol.